The number of ether oxygens (including phenoxy) is 1. The van der Waals surface area contributed by atoms with Gasteiger partial charge in [-0.15, -0.1) is 0 Å². The van der Waals surface area contributed by atoms with E-state index in [9.17, 15) is 26.4 Å². The number of alkyl halides is 3. The molecule has 1 amide bonds. The summed E-state index contributed by atoms with van der Waals surface area (Å²) in [5.41, 5.74) is -1.69. The van der Waals surface area contributed by atoms with Gasteiger partial charge in [0.05, 0.1) is 24.3 Å². The Morgan fingerprint density at radius 1 is 1.25 bits per heavy atom. The van der Waals surface area contributed by atoms with Crippen molar-refractivity contribution in [3.05, 3.63) is 47.8 Å². The summed E-state index contributed by atoms with van der Waals surface area (Å²) in [4.78, 5) is 12.3. The molecule has 1 aromatic heterocycles. The number of hydrogen-bond acceptors (Lipinski definition) is 4. The largest absolute Gasteiger partial charge is 0.416 e. The number of anilines is 1. The molecule has 0 spiro atoms. The Morgan fingerprint density at radius 3 is 2.50 bits per heavy atom. The first-order chi connectivity index (χ1) is 12.9. The predicted octanol–water partition coefficient (Wildman–Crippen LogP) is 2.36. The molecule has 2 heterocycles. The topological polar surface area (TPSA) is 89.4 Å². The highest BCUT2D eigenvalue weighted by Gasteiger charge is 2.38. The van der Waals surface area contributed by atoms with Crippen LogP contribution in [0.2, 0.25) is 0 Å². The van der Waals surface area contributed by atoms with Gasteiger partial charge in [-0.05, 0) is 31.2 Å². The van der Waals surface area contributed by atoms with Crippen molar-refractivity contribution in [2.24, 2.45) is 7.05 Å². The molecule has 1 aliphatic rings. The van der Waals surface area contributed by atoms with E-state index in [0.717, 1.165) is 18.2 Å². The van der Waals surface area contributed by atoms with E-state index in [1.54, 1.807) is 6.92 Å². The van der Waals surface area contributed by atoms with Crippen LogP contribution in [0.4, 0.5) is 18.9 Å². The van der Waals surface area contributed by atoms with Gasteiger partial charge in [0.25, 0.3) is 5.91 Å². The van der Waals surface area contributed by atoms with Crippen molar-refractivity contribution >= 4 is 21.6 Å². The fourth-order valence-electron chi connectivity index (χ4n) is 2.73. The maximum Gasteiger partial charge on any atom is 0.416 e. The van der Waals surface area contributed by atoms with Crippen molar-refractivity contribution in [3.8, 4) is 0 Å². The average molecular weight is 417 g/mol. The number of carbonyl (C=O) groups is 1. The van der Waals surface area contributed by atoms with Crippen molar-refractivity contribution in [3.63, 3.8) is 0 Å². The summed E-state index contributed by atoms with van der Waals surface area (Å²) < 4.78 is 72.2. The van der Waals surface area contributed by atoms with E-state index in [-0.39, 0.29) is 29.5 Å². The number of benzene rings is 1. The predicted molar refractivity (Wildman–Crippen MR) is 94.4 cm³/mol. The van der Waals surface area contributed by atoms with Crippen molar-refractivity contribution in [2.45, 2.75) is 23.5 Å². The summed E-state index contributed by atoms with van der Waals surface area (Å²) in [5, 5.41) is 2.35. The Labute approximate surface area is 159 Å². The van der Waals surface area contributed by atoms with Gasteiger partial charge in [-0.25, -0.2) is 13.1 Å². The van der Waals surface area contributed by atoms with Crippen LogP contribution >= 0.6 is 0 Å². The van der Waals surface area contributed by atoms with Crippen LogP contribution in [0.5, 0.6) is 0 Å². The number of rotatable bonds is 5. The van der Waals surface area contributed by atoms with Crippen LogP contribution < -0.4 is 10.0 Å². The van der Waals surface area contributed by atoms with E-state index in [2.05, 4.69) is 10.0 Å². The van der Waals surface area contributed by atoms with Gasteiger partial charge in [0.2, 0.25) is 10.0 Å². The highest BCUT2D eigenvalue weighted by atomic mass is 32.2. The molecule has 2 N–H and O–H groups in total. The highest BCUT2D eigenvalue weighted by Crippen LogP contribution is 2.31. The SMILES string of the molecule is Cn1cc(S(=O)(=O)NC2(C)COC2)cc1C(=O)Nc1cccc(C(F)(F)F)c1. The number of nitrogens with one attached hydrogen (secondary N) is 2. The third-order valence-electron chi connectivity index (χ3n) is 4.19. The quantitative estimate of drug-likeness (QED) is 0.782. The first-order valence-corrected chi connectivity index (χ1v) is 9.65. The standard InChI is InChI=1S/C17H18F3N3O4S/c1-16(9-27-10-16)22-28(25,26)13-7-14(23(2)8-13)15(24)21-12-5-3-4-11(6-12)17(18,19)20/h3-8,22H,9-10H2,1-2H3,(H,21,24). The second kappa shape index (κ2) is 6.90. The van der Waals surface area contributed by atoms with Gasteiger partial charge in [0, 0.05) is 18.9 Å². The molecule has 7 nitrogen and oxygen atoms in total. The summed E-state index contributed by atoms with van der Waals surface area (Å²) in [6.45, 7) is 2.17. The van der Waals surface area contributed by atoms with Crippen LogP contribution in [0, 0.1) is 0 Å². The molecule has 28 heavy (non-hydrogen) atoms. The Hall–Kier alpha value is -2.37. The van der Waals surface area contributed by atoms with Crippen molar-refractivity contribution < 1.29 is 31.1 Å². The van der Waals surface area contributed by atoms with Crippen molar-refractivity contribution in [1.29, 1.82) is 0 Å². The average Bonchev–Trinajstić information content (AvgIpc) is 2.95. The summed E-state index contributed by atoms with van der Waals surface area (Å²) in [6, 6.07) is 5.34. The third kappa shape index (κ3) is 4.21. The lowest BCUT2D eigenvalue weighted by Gasteiger charge is -2.38. The molecule has 3 rings (SSSR count). The van der Waals surface area contributed by atoms with Crippen molar-refractivity contribution in [1.82, 2.24) is 9.29 Å². The number of halogens is 3. The number of hydrogen-bond donors (Lipinski definition) is 2. The molecule has 0 aliphatic carbocycles. The van der Waals surface area contributed by atoms with Gasteiger partial charge in [0.1, 0.15) is 10.6 Å². The van der Waals surface area contributed by atoms with Crippen LogP contribution in [-0.4, -0.2) is 37.6 Å². The van der Waals surface area contributed by atoms with E-state index >= 15 is 0 Å². The number of aromatic nitrogens is 1. The van der Waals surface area contributed by atoms with Gasteiger partial charge in [-0.3, -0.25) is 4.79 Å². The first-order valence-electron chi connectivity index (χ1n) is 8.16. The normalized spacial score (nSPS) is 16.5. The number of carbonyl (C=O) groups excluding carboxylic acids is 1. The Morgan fingerprint density at radius 2 is 1.93 bits per heavy atom. The van der Waals surface area contributed by atoms with Crippen LogP contribution in [-0.2, 0) is 28.0 Å². The highest BCUT2D eigenvalue weighted by molar-refractivity contribution is 7.89. The lowest BCUT2D eigenvalue weighted by Crippen LogP contribution is -2.59. The van der Waals surface area contributed by atoms with Crippen molar-refractivity contribution in [2.75, 3.05) is 18.5 Å². The van der Waals surface area contributed by atoms with E-state index in [1.165, 1.54) is 29.9 Å². The molecule has 1 aliphatic heterocycles. The number of nitrogens with zero attached hydrogens (tertiary/aromatic N) is 1. The minimum absolute atomic E-state index is 0.0206. The summed E-state index contributed by atoms with van der Waals surface area (Å²) >= 11 is 0. The maximum absolute atomic E-state index is 12.8. The minimum atomic E-state index is -4.54. The van der Waals surface area contributed by atoms with Gasteiger partial charge >= 0.3 is 6.18 Å². The van der Waals surface area contributed by atoms with Gasteiger partial charge < -0.3 is 14.6 Å². The van der Waals surface area contributed by atoms with E-state index in [0.29, 0.717) is 0 Å². The van der Waals surface area contributed by atoms with E-state index in [1.807, 2.05) is 0 Å². The lowest BCUT2D eigenvalue weighted by atomic mass is 10.0. The molecule has 1 fully saturated rings. The minimum Gasteiger partial charge on any atom is -0.377 e. The monoisotopic (exact) mass is 417 g/mol. The van der Waals surface area contributed by atoms with Gasteiger partial charge in [-0.1, -0.05) is 6.07 Å². The zero-order valence-electron chi connectivity index (χ0n) is 15.0. The molecule has 0 radical (unpaired) electrons. The van der Waals surface area contributed by atoms with E-state index in [4.69, 9.17) is 4.74 Å². The summed E-state index contributed by atoms with van der Waals surface area (Å²) in [7, 11) is -2.43. The lowest BCUT2D eigenvalue weighted by molar-refractivity contribution is -0.137. The second-order valence-electron chi connectivity index (χ2n) is 6.86. The fraction of sp³-hybridized carbons (Fsp3) is 0.353. The molecule has 0 unspecified atom stereocenters. The second-order valence-corrected chi connectivity index (χ2v) is 8.55. The molecule has 152 valence electrons. The molecule has 0 bridgehead atoms. The Balaban J connectivity index is 1.80. The number of amides is 1. The fourth-order valence-corrected chi connectivity index (χ4v) is 4.17. The van der Waals surface area contributed by atoms with Gasteiger partial charge in [0.15, 0.2) is 0 Å². The molecule has 1 saturated heterocycles. The molecule has 0 atom stereocenters. The number of aryl methyl sites for hydroxylation is 1. The first kappa shape index (κ1) is 20.4. The smallest absolute Gasteiger partial charge is 0.377 e. The van der Waals surface area contributed by atoms with Crippen LogP contribution in [0.3, 0.4) is 0 Å². The molecular formula is C17H18F3N3O4S. The third-order valence-corrected chi connectivity index (χ3v) is 5.80. The number of sulfonamides is 1. The zero-order chi connectivity index (χ0) is 20.7. The van der Waals surface area contributed by atoms with Crippen LogP contribution in [0.25, 0.3) is 0 Å². The molecule has 1 aromatic carbocycles. The van der Waals surface area contributed by atoms with Gasteiger partial charge in [-0.2, -0.15) is 13.2 Å². The zero-order valence-corrected chi connectivity index (χ0v) is 15.8. The van der Waals surface area contributed by atoms with E-state index < -0.39 is 33.2 Å². The Kier molecular flexibility index (Phi) is 5.02. The summed E-state index contributed by atoms with van der Waals surface area (Å²) in [5.74, 6) is -0.735. The van der Waals surface area contributed by atoms with Crippen LogP contribution in [0.1, 0.15) is 23.0 Å². The summed E-state index contributed by atoms with van der Waals surface area (Å²) in [6.07, 6.45) is -3.29. The molecule has 2 aromatic rings. The molecule has 0 saturated carbocycles. The Bertz CT molecular complexity index is 1010. The molecular weight excluding hydrogens is 399 g/mol. The molecule has 11 heteroatoms. The van der Waals surface area contributed by atoms with Crippen LogP contribution in [0.15, 0.2) is 41.4 Å². The maximum atomic E-state index is 12.8.